The van der Waals surface area contributed by atoms with Crippen LogP contribution in [0.2, 0.25) is 0 Å². The summed E-state index contributed by atoms with van der Waals surface area (Å²) < 4.78 is 1.71. The molecule has 0 bridgehead atoms. The lowest BCUT2D eigenvalue weighted by molar-refractivity contribution is 0.362. The molecule has 0 aromatic carbocycles. The molecular weight excluding hydrogens is 228 g/mol. The van der Waals surface area contributed by atoms with E-state index in [0.29, 0.717) is 17.2 Å². The first-order valence-corrected chi connectivity index (χ1v) is 6.14. The van der Waals surface area contributed by atoms with Crippen molar-refractivity contribution >= 4 is 11.6 Å². The number of anilines is 2. The largest absolute Gasteiger partial charge is 0.383 e. The average molecular weight is 248 g/mol. The molecule has 6 heteroatoms. The number of nitriles is 1. The van der Waals surface area contributed by atoms with Crippen molar-refractivity contribution < 1.29 is 0 Å². The minimum Gasteiger partial charge on any atom is -0.383 e. The first kappa shape index (κ1) is 12.7. The monoisotopic (exact) mass is 248 g/mol. The van der Waals surface area contributed by atoms with Crippen LogP contribution in [0.15, 0.2) is 0 Å². The summed E-state index contributed by atoms with van der Waals surface area (Å²) in [5.41, 5.74) is 12.1. The molecule has 98 valence electrons. The predicted octanol–water partition coefficient (Wildman–Crippen LogP) is 0.629. The van der Waals surface area contributed by atoms with Crippen LogP contribution in [-0.2, 0) is 5.54 Å². The van der Waals surface area contributed by atoms with Crippen molar-refractivity contribution in [2.24, 2.45) is 5.73 Å². The highest BCUT2D eigenvalue weighted by molar-refractivity contribution is 5.65. The second kappa shape index (κ2) is 4.18. The maximum atomic E-state index is 9.26. The molecule has 0 spiro atoms. The second-order valence-electron chi connectivity index (χ2n) is 5.77. The zero-order valence-electron chi connectivity index (χ0n) is 11.1. The van der Waals surface area contributed by atoms with E-state index in [0.717, 1.165) is 19.5 Å². The van der Waals surface area contributed by atoms with Crippen molar-refractivity contribution in [3.63, 3.8) is 0 Å². The molecule has 1 aromatic rings. The first-order valence-electron chi connectivity index (χ1n) is 6.14. The van der Waals surface area contributed by atoms with Gasteiger partial charge in [-0.1, -0.05) is 0 Å². The highest BCUT2D eigenvalue weighted by Gasteiger charge is 2.29. The topological polar surface area (TPSA) is 96.9 Å². The minimum atomic E-state index is -0.240. The van der Waals surface area contributed by atoms with E-state index in [1.807, 2.05) is 25.7 Å². The Bertz CT molecular complexity index is 490. The van der Waals surface area contributed by atoms with Gasteiger partial charge in [-0.15, -0.1) is 0 Å². The average Bonchev–Trinajstić information content (AvgIpc) is 2.81. The molecule has 0 amide bonds. The summed E-state index contributed by atoms with van der Waals surface area (Å²) in [6.45, 7) is 7.59. The van der Waals surface area contributed by atoms with Crippen LogP contribution in [0.1, 0.15) is 32.8 Å². The maximum Gasteiger partial charge on any atom is 0.170 e. The third-order valence-corrected chi connectivity index (χ3v) is 3.17. The van der Waals surface area contributed by atoms with Gasteiger partial charge in [0.05, 0.1) is 5.54 Å². The summed E-state index contributed by atoms with van der Waals surface area (Å²) in [4.78, 5) is 2.04. The molecule has 1 saturated heterocycles. The molecule has 0 saturated carbocycles. The lowest BCUT2D eigenvalue weighted by Crippen LogP contribution is -2.28. The summed E-state index contributed by atoms with van der Waals surface area (Å²) in [6.07, 6.45) is 0.924. The molecule has 1 aliphatic rings. The SMILES string of the molecule is CC(C)(C)n1nc(N2CCC(N)C2)c(C#N)c1N. The van der Waals surface area contributed by atoms with Crippen molar-refractivity contribution in [1.82, 2.24) is 9.78 Å². The Kier molecular flexibility index (Phi) is 2.95. The van der Waals surface area contributed by atoms with Crippen LogP contribution in [-0.4, -0.2) is 28.9 Å². The number of aromatic nitrogens is 2. The number of nitrogens with two attached hydrogens (primary N) is 2. The molecule has 0 radical (unpaired) electrons. The molecule has 2 rings (SSSR count). The van der Waals surface area contributed by atoms with E-state index in [2.05, 4.69) is 11.2 Å². The highest BCUT2D eigenvalue weighted by Crippen LogP contribution is 2.30. The lowest BCUT2D eigenvalue weighted by atomic mass is 10.1. The van der Waals surface area contributed by atoms with Crippen LogP contribution < -0.4 is 16.4 Å². The van der Waals surface area contributed by atoms with Crippen LogP contribution >= 0.6 is 0 Å². The van der Waals surface area contributed by atoms with Gasteiger partial charge in [0, 0.05) is 19.1 Å². The molecule has 0 aliphatic carbocycles. The summed E-state index contributed by atoms with van der Waals surface area (Å²) in [7, 11) is 0. The van der Waals surface area contributed by atoms with Crippen LogP contribution in [0.3, 0.4) is 0 Å². The van der Waals surface area contributed by atoms with Gasteiger partial charge in [0.15, 0.2) is 5.82 Å². The van der Waals surface area contributed by atoms with E-state index >= 15 is 0 Å². The molecule has 1 aliphatic heterocycles. The van der Waals surface area contributed by atoms with Gasteiger partial charge in [-0.05, 0) is 27.2 Å². The summed E-state index contributed by atoms with van der Waals surface area (Å²) in [5, 5.41) is 13.8. The molecule has 2 heterocycles. The van der Waals surface area contributed by atoms with Crippen LogP contribution in [0.5, 0.6) is 0 Å². The fourth-order valence-corrected chi connectivity index (χ4v) is 2.24. The van der Waals surface area contributed by atoms with E-state index in [-0.39, 0.29) is 11.6 Å². The number of hydrogen-bond donors (Lipinski definition) is 2. The number of nitrogens with zero attached hydrogens (tertiary/aromatic N) is 4. The van der Waals surface area contributed by atoms with Crippen LogP contribution in [0.25, 0.3) is 0 Å². The molecule has 1 aromatic heterocycles. The van der Waals surface area contributed by atoms with Gasteiger partial charge in [-0.25, -0.2) is 4.68 Å². The van der Waals surface area contributed by atoms with Crippen LogP contribution in [0, 0.1) is 11.3 Å². The van der Waals surface area contributed by atoms with Gasteiger partial charge >= 0.3 is 0 Å². The van der Waals surface area contributed by atoms with E-state index in [1.54, 1.807) is 4.68 Å². The Hall–Kier alpha value is -1.74. The highest BCUT2D eigenvalue weighted by atomic mass is 15.4. The van der Waals surface area contributed by atoms with Gasteiger partial charge in [0.2, 0.25) is 0 Å². The second-order valence-corrected chi connectivity index (χ2v) is 5.77. The number of rotatable bonds is 1. The Balaban J connectivity index is 2.46. The predicted molar refractivity (Wildman–Crippen MR) is 71.2 cm³/mol. The summed E-state index contributed by atoms with van der Waals surface area (Å²) >= 11 is 0. The van der Waals surface area contributed by atoms with E-state index in [1.165, 1.54) is 0 Å². The fraction of sp³-hybridized carbons (Fsp3) is 0.667. The Morgan fingerprint density at radius 1 is 1.44 bits per heavy atom. The third kappa shape index (κ3) is 2.02. The molecule has 1 unspecified atom stereocenters. The van der Waals surface area contributed by atoms with Gasteiger partial charge in [-0.3, -0.25) is 0 Å². The van der Waals surface area contributed by atoms with Gasteiger partial charge in [-0.2, -0.15) is 10.4 Å². The smallest absolute Gasteiger partial charge is 0.170 e. The minimum absolute atomic E-state index is 0.151. The quantitative estimate of drug-likeness (QED) is 0.759. The zero-order chi connectivity index (χ0) is 13.5. The summed E-state index contributed by atoms with van der Waals surface area (Å²) in [5.74, 6) is 1.10. The Labute approximate surface area is 107 Å². The molecule has 18 heavy (non-hydrogen) atoms. The lowest BCUT2D eigenvalue weighted by Gasteiger charge is -2.21. The third-order valence-electron chi connectivity index (χ3n) is 3.17. The Morgan fingerprint density at radius 2 is 2.11 bits per heavy atom. The zero-order valence-corrected chi connectivity index (χ0v) is 11.1. The standard InChI is InChI=1S/C12H20N6/c1-12(2,3)18-10(15)9(6-13)11(16-18)17-5-4-8(14)7-17/h8H,4-5,7,14-15H2,1-3H3. The molecule has 1 atom stereocenters. The van der Waals surface area contributed by atoms with Crippen molar-refractivity contribution in [1.29, 1.82) is 5.26 Å². The van der Waals surface area contributed by atoms with Crippen molar-refractivity contribution in [2.75, 3.05) is 23.7 Å². The van der Waals surface area contributed by atoms with Gasteiger partial charge in [0.1, 0.15) is 17.5 Å². The van der Waals surface area contributed by atoms with Crippen molar-refractivity contribution in [3.05, 3.63) is 5.56 Å². The van der Waals surface area contributed by atoms with Crippen molar-refractivity contribution in [3.8, 4) is 6.07 Å². The van der Waals surface area contributed by atoms with Crippen molar-refractivity contribution in [2.45, 2.75) is 38.8 Å². The molecular formula is C12H20N6. The number of hydrogen-bond acceptors (Lipinski definition) is 5. The molecule has 1 fully saturated rings. The first-order chi connectivity index (χ1) is 8.34. The fourth-order valence-electron chi connectivity index (χ4n) is 2.24. The molecule has 6 nitrogen and oxygen atoms in total. The summed E-state index contributed by atoms with van der Waals surface area (Å²) in [6, 6.07) is 2.31. The van der Waals surface area contributed by atoms with E-state index in [4.69, 9.17) is 11.5 Å². The van der Waals surface area contributed by atoms with E-state index in [9.17, 15) is 5.26 Å². The maximum absolute atomic E-state index is 9.26. The van der Waals surface area contributed by atoms with Gasteiger partial charge in [0.25, 0.3) is 0 Å². The molecule has 4 N–H and O–H groups in total. The Morgan fingerprint density at radius 3 is 2.56 bits per heavy atom. The van der Waals surface area contributed by atoms with Gasteiger partial charge < -0.3 is 16.4 Å². The van der Waals surface area contributed by atoms with Crippen LogP contribution in [0.4, 0.5) is 11.6 Å². The van der Waals surface area contributed by atoms with E-state index < -0.39 is 0 Å². The number of nitrogen functional groups attached to an aromatic ring is 1. The normalized spacial score (nSPS) is 20.2.